The number of nitrogens with one attached hydrogen (secondary N) is 1. The molecule has 4 nitrogen and oxygen atoms in total. The Balaban J connectivity index is 1.53. The number of rotatable bonds is 6. The van der Waals surface area contributed by atoms with E-state index in [1.807, 2.05) is 35.0 Å². The van der Waals surface area contributed by atoms with E-state index < -0.39 is 11.7 Å². The maximum Gasteiger partial charge on any atom is 0.416 e. The third kappa shape index (κ3) is 5.44. The Morgan fingerprint density at radius 3 is 2.44 bits per heavy atom. The molecule has 0 aliphatic heterocycles. The monoisotopic (exact) mass is 373 g/mol. The molecule has 3 aromatic rings. The number of hydrogen-bond donors (Lipinski definition) is 1. The Morgan fingerprint density at radius 1 is 1.04 bits per heavy atom. The number of carbonyl (C=O) groups excluding carboxylic acids is 1. The Morgan fingerprint density at radius 2 is 1.78 bits per heavy atom. The standard InChI is InChI=1S/C20H18F3N3O/c21-20(22,23)18-6-4-15(5-7-18)11-19(27)25-12-16-2-1-3-17(10-16)13-26-9-8-24-14-26/h1-10,14H,11-13H2,(H,25,27). The van der Waals surface area contributed by atoms with Crippen LogP contribution >= 0.6 is 0 Å². The third-order valence-corrected chi connectivity index (χ3v) is 4.05. The van der Waals surface area contributed by atoms with E-state index in [1.54, 1.807) is 12.5 Å². The van der Waals surface area contributed by atoms with Crippen molar-refractivity contribution in [2.24, 2.45) is 0 Å². The van der Waals surface area contributed by atoms with E-state index in [2.05, 4.69) is 10.3 Å². The fourth-order valence-electron chi connectivity index (χ4n) is 2.69. The van der Waals surface area contributed by atoms with Crippen LogP contribution in [0, 0.1) is 0 Å². The fraction of sp³-hybridized carbons (Fsp3) is 0.200. The van der Waals surface area contributed by atoms with Gasteiger partial charge in [-0.15, -0.1) is 0 Å². The van der Waals surface area contributed by atoms with E-state index >= 15 is 0 Å². The van der Waals surface area contributed by atoms with Crippen LogP contribution in [0.1, 0.15) is 22.3 Å². The lowest BCUT2D eigenvalue weighted by atomic mass is 10.1. The molecule has 1 aromatic heterocycles. The Bertz CT molecular complexity index is 888. The summed E-state index contributed by atoms with van der Waals surface area (Å²) in [6.45, 7) is 1.05. The van der Waals surface area contributed by atoms with Crippen molar-refractivity contribution in [3.63, 3.8) is 0 Å². The predicted octanol–water partition coefficient (Wildman–Crippen LogP) is 3.81. The molecule has 1 amide bonds. The van der Waals surface area contributed by atoms with E-state index in [0.717, 1.165) is 23.3 Å². The first-order chi connectivity index (χ1) is 12.9. The molecule has 140 valence electrons. The first kappa shape index (κ1) is 18.7. The van der Waals surface area contributed by atoms with Gasteiger partial charge in [-0.05, 0) is 28.8 Å². The lowest BCUT2D eigenvalue weighted by Gasteiger charge is -2.09. The van der Waals surface area contributed by atoms with E-state index in [-0.39, 0.29) is 12.3 Å². The number of aromatic nitrogens is 2. The van der Waals surface area contributed by atoms with Crippen molar-refractivity contribution in [3.8, 4) is 0 Å². The van der Waals surface area contributed by atoms with Gasteiger partial charge in [0.1, 0.15) is 0 Å². The van der Waals surface area contributed by atoms with Crippen LogP contribution in [0.15, 0.2) is 67.3 Å². The van der Waals surface area contributed by atoms with Crippen molar-refractivity contribution < 1.29 is 18.0 Å². The third-order valence-electron chi connectivity index (χ3n) is 4.05. The average molecular weight is 373 g/mol. The molecule has 0 fully saturated rings. The molecule has 3 rings (SSSR count). The van der Waals surface area contributed by atoms with Crippen LogP contribution in [0.5, 0.6) is 0 Å². The highest BCUT2D eigenvalue weighted by atomic mass is 19.4. The Labute approximate surface area is 154 Å². The summed E-state index contributed by atoms with van der Waals surface area (Å²) >= 11 is 0. The minimum atomic E-state index is -4.37. The van der Waals surface area contributed by atoms with Crippen LogP contribution in [0.2, 0.25) is 0 Å². The normalized spacial score (nSPS) is 11.4. The summed E-state index contributed by atoms with van der Waals surface area (Å²) in [5.41, 5.74) is 1.85. The largest absolute Gasteiger partial charge is 0.416 e. The second-order valence-electron chi connectivity index (χ2n) is 6.20. The van der Waals surface area contributed by atoms with Crippen molar-refractivity contribution >= 4 is 5.91 Å². The van der Waals surface area contributed by atoms with Crippen molar-refractivity contribution in [1.82, 2.24) is 14.9 Å². The van der Waals surface area contributed by atoms with Crippen LogP contribution < -0.4 is 5.32 Å². The molecular formula is C20H18F3N3O. The number of carbonyl (C=O) groups is 1. The minimum Gasteiger partial charge on any atom is -0.352 e. The highest BCUT2D eigenvalue weighted by molar-refractivity contribution is 5.78. The van der Waals surface area contributed by atoms with Gasteiger partial charge in [0.25, 0.3) is 0 Å². The van der Waals surface area contributed by atoms with Crippen LogP contribution in [-0.2, 0) is 30.5 Å². The van der Waals surface area contributed by atoms with Gasteiger partial charge in [-0.25, -0.2) is 4.98 Å². The molecule has 0 aliphatic rings. The zero-order chi connectivity index (χ0) is 19.3. The summed E-state index contributed by atoms with van der Waals surface area (Å²) in [5, 5.41) is 2.80. The van der Waals surface area contributed by atoms with Crippen molar-refractivity contribution in [2.45, 2.75) is 25.7 Å². The lowest BCUT2D eigenvalue weighted by Crippen LogP contribution is -2.24. The van der Waals surface area contributed by atoms with Gasteiger partial charge in [0.2, 0.25) is 5.91 Å². The van der Waals surface area contributed by atoms with E-state index in [9.17, 15) is 18.0 Å². The van der Waals surface area contributed by atoms with Gasteiger partial charge in [0.15, 0.2) is 0 Å². The van der Waals surface area contributed by atoms with Gasteiger partial charge in [-0.1, -0.05) is 36.4 Å². The van der Waals surface area contributed by atoms with Crippen LogP contribution in [0.4, 0.5) is 13.2 Å². The average Bonchev–Trinajstić information content (AvgIpc) is 3.13. The first-order valence-electron chi connectivity index (χ1n) is 8.36. The zero-order valence-electron chi connectivity index (χ0n) is 14.4. The zero-order valence-corrected chi connectivity index (χ0v) is 14.4. The van der Waals surface area contributed by atoms with Gasteiger partial charge in [0, 0.05) is 25.5 Å². The topological polar surface area (TPSA) is 46.9 Å². The molecule has 27 heavy (non-hydrogen) atoms. The summed E-state index contributed by atoms with van der Waals surface area (Å²) < 4.78 is 39.6. The second kappa shape index (κ2) is 8.07. The molecule has 0 atom stereocenters. The number of hydrogen-bond acceptors (Lipinski definition) is 2. The smallest absolute Gasteiger partial charge is 0.352 e. The summed E-state index contributed by atoms with van der Waals surface area (Å²) in [6.07, 6.45) is 0.984. The highest BCUT2D eigenvalue weighted by Crippen LogP contribution is 2.29. The number of amides is 1. The first-order valence-corrected chi connectivity index (χ1v) is 8.36. The SMILES string of the molecule is O=C(Cc1ccc(C(F)(F)F)cc1)NCc1cccc(Cn2ccnc2)c1. The quantitative estimate of drug-likeness (QED) is 0.714. The van der Waals surface area contributed by atoms with Gasteiger partial charge >= 0.3 is 6.18 Å². The lowest BCUT2D eigenvalue weighted by molar-refractivity contribution is -0.137. The molecule has 0 bridgehead atoms. The molecule has 0 saturated carbocycles. The molecule has 0 unspecified atom stereocenters. The highest BCUT2D eigenvalue weighted by Gasteiger charge is 2.29. The van der Waals surface area contributed by atoms with Crippen LogP contribution in [0.3, 0.4) is 0 Å². The van der Waals surface area contributed by atoms with Crippen LogP contribution in [-0.4, -0.2) is 15.5 Å². The molecule has 0 saturated heterocycles. The second-order valence-corrected chi connectivity index (χ2v) is 6.20. The molecule has 7 heteroatoms. The summed E-state index contributed by atoms with van der Waals surface area (Å²) in [6, 6.07) is 12.5. The number of benzene rings is 2. The van der Waals surface area contributed by atoms with Crippen molar-refractivity contribution in [1.29, 1.82) is 0 Å². The number of nitrogens with zero attached hydrogens (tertiary/aromatic N) is 2. The fourth-order valence-corrected chi connectivity index (χ4v) is 2.69. The summed E-state index contributed by atoms with van der Waals surface area (Å²) in [7, 11) is 0. The van der Waals surface area contributed by atoms with Crippen LogP contribution in [0.25, 0.3) is 0 Å². The van der Waals surface area contributed by atoms with E-state index in [1.165, 1.54) is 12.1 Å². The molecule has 0 spiro atoms. The van der Waals surface area contributed by atoms with Gasteiger partial charge < -0.3 is 9.88 Å². The molecular weight excluding hydrogens is 355 g/mol. The van der Waals surface area contributed by atoms with Gasteiger partial charge in [-0.3, -0.25) is 4.79 Å². The summed E-state index contributed by atoms with van der Waals surface area (Å²) in [5.74, 6) is -0.241. The molecule has 1 N–H and O–H groups in total. The number of halogens is 3. The summed E-state index contributed by atoms with van der Waals surface area (Å²) in [4.78, 5) is 16.1. The molecule has 1 heterocycles. The Kier molecular flexibility index (Phi) is 5.59. The minimum absolute atomic E-state index is 0.0346. The van der Waals surface area contributed by atoms with Gasteiger partial charge in [0.05, 0.1) is 18.3 Å². The van der Waals surface area contributed by atoms with Crippen molar-refractivity contribution in [2.75, 3.05) is 0 Å². The molecule has 0 radical (unpaired) electrons. The maximum absolute atomic E-state index is 12.6. The van der Waals surface area contributed by atoms with Gasteiger partial charge in [-0.2, -0.15) is 13.2 Å². The number of imidazole rings is 1. The Hall–Kier alpha value is -3.09. The number of alkyl halides is 3. The molecule has 0 aliphatic carbocycles. The maximum atomic E-state index is 12.6. The molecule has 2 aromatic carbocycles. The predicted molar refractivity (Wildman–Crippen MR) is 94.8 cm³/mol. The van der Waals surface area contributed by atoms with E-state index in [4.69, 9.17) is 0 Å². The van der Waals surface area contributed by atoms with Crippen molar-refractivity contribution in [3.05, 3.63) is 89.5 Å². The van der Waals surface area contributed by atoms with E-state index in [0.29, 0.717) is 18.7 Å².